The summed E-state index contributed by atoms with van der Waals surface area (Å²) in [5.41, 5.74) is 27.5. The minimum absolute atomic E-state index is 0.0378. The highest BCUT2D eigenvalue weighted by Crippen LogP contribution is 2.64. The van der Waals surface area contributed by atoms with Gasteiger partial charge in [0.2, 0.25) is 5.95 Å². The third-order valence-corrected chi connectivity index (χ3v) is 24.9. The average molecular weight is 1300 g/mol. The van der Waals surface area contributed by atoms with Gasteiger partial charge in [0, 0.05) is 94.1 Å². The van der Waals surface area contributed by atoms with Crippen LogP contribution in [0.3, 0.4) is 0 Å². The summed E-state index contributed by atoms with van der Waals surface area (Å²) >= 11 is 0. The number of benzene rings is 14. The van der Waals surface area contributed by atoms with Crippen molar-refractivity contribution in [2.75, 3.05) is 0 Å². The van der Waals surface area contributed by atoms with Gasteiger partial charge in [-0.25, -0.2) is 9.97 Å². The van der Waals surface area contributed by atoms with Crippen molar-refractivity contribution in [1.29, 1.82) is 0 Å². The van der Waals surface area contributed by atoms with Crippen molar-refractivity contribution in [3.05, 3.63) is 318 Å². The predicted molar refractivity (Wildman–Crippen MR) is 425 cm³/mol. The molecule has 24 rings (SSSR count). The number of aryl methyl sites for hydroxylation is 1. The second-order valence-corrected chi connectivity index (χ2v) is 29.9. The van der Waals surface area contributed by atoms with Crippen LogP contribution in [-0.4, -0.2) is 29.0 Å². The molecule has 6 heteroatoms. The van der Waals surface area contributed by atoms with E-state index >= 15 is 0 Å². The Labute approximate surface area is 587 Å². The molecule has 3 aliphatic carbocycles. The van der Waals surface area contributed by atoms with Gasteiger partial charge in [0.1, 0.15) is 0 Å². The van der Waals surface area contributed by atoms with Gasteiger partial charge in [0.05, 0.1) is 55.5 Å². The Morgan fingerprint density at radius 2 is 1.17 bits per heavy atom. The molecule has 478 valence electrons. The number of nitrogens with zero attached hydrogens (tertiary/aromatic N) is 6. The highest BCUT2D eigenvalue weighted by molar-refractivity contribution is 6.36. The lowest BCUT2D eigenvalue weighted by molar-refractivity contribution is 0.641. The number of aliphatic imine (C=N–C) groups is 1. The van der Waals surface area contributed by atoms with Gasteiger partial charge in [-0.3, -0.25) is 9.56 Å². The van der Waals surface area contributed by atoms with Crippen molar-refractivity contribution in [3.63, 3.8) is 0 Å². The number of rotatable bonds is 6. The van der Waals surface area contributed by atoms with Crippen molar-refractivity contribution in [3.8, 4) is 28.2 Å². The molecule has 1 aliphatic heterocycles. The SMILES string of the molecule is CCC1CC=Cc2cnc(-n3c4cc5cc(-c6cccc7c8c9c(cc%10c%11ccccc%11n(c67)c%108)CCC(c6ccc(C7=Nc8ccccc8C8(c%10ccc%11ccccc%11c%10)CC8C7)cc6)c6cc7ccccc7cc6-9)ccc5cc4c4c5c6ccccc6n6c7ccccc7c(cc43)c56)nc21. The molecule has 4 atom stereocenters. The maximum atomic E-state index is 5.61. The molecule has 0 saturated heterocycles. The van der Waals surface area contributed by atoms with E-state index in [4.69, 9.17) is 15.0 Å². The van der Waals surface area contributed by atoms with Gasteiger partial charge in [-0.2, -0.15) is 0 Å². The van der Waals surface area contributed by atoms with Crippen LogP contribution in [0.15, 0.2) is 278 Å². The first-order valence-corrected chi connectivity index (χ1v) is 36.6. The van der Waals surface area contributed by atoms with E-state index in [0.717, 1.165) is 72.5 Å². The Bertz CT molecular complexity index is 7170. The van der Waals surface area contributed by atoms with Gasteiger partial charge in [0.15, 0.2) is 0 Å². The van der Waals surface area contributed by atoms with Crippen LogP contribution in [0, 0.1) is 5.92 Å². The lowest BCUT2D eigenvalue weighted by Gasteiger charge is -2.20. The molecule has 102 heavy (non-hydrogen) atoms. The first-order valence-electron chi connectivity index (χ1n) is 36.6. The van der Waals surface area contributed by atoms with Crippen LogP contribution >= 0.6 is 0 Å². The van der Waals surface area contributed by atoms with E-state index in [-0.39, 0.29) is 11.3 Å². The van der Waals surface area contributed by atoms with Crippen molar-refractivity contribution in [2.24, 2.45) is 10.9 Å². The van der Waals surface area contributed by atoms with E-state index in [0.29, 0.717) is 11.8 Å². The van der Waals surface area contributed by atoms with Gasteiger partial charge in [0.25, 0.3) is 0 Å². The van der Waals surface area contributed by atoms with Gasteiger partial charge < -0.3 is 8.80 Å². The van der Waals surface area contributed by atoms with Crippen molar-refractivity contribution in [1.82, 2.24) is 23.3 Å². The summed E-state index contributed by atoms with van der Waals surface area (Å²) in [5, 5.41) is 20.2. The van der Waals surface area contributed by atoms with Crippen LogP contribution in [0.1, 0.15) is 95.5 Å². The molecule has 0 spiro atoms. The second kappa shape index (κ2) is 20.2. The molecule has 20 aromatic rings. The van der Waals surface area contributed by atoms with Crippen LogP contribution in [0.5, 0.6) is 0 Å². The predicted octanol–water partition coefficient (Wildman–Crippen LogP) is 24.5. The lowest BCUT2D eigenvalue weighted by Crippen LogP contribution is -2.13. The fourth-order valence-corrected chi connectivity index (χ4v) is 20.2. The molecule has 6 aromatic heterocycles. The minimum atomic E-state index is -0.0378. The second-order valence-electron chi connectivity index (χ2n) is 29.9. The highest BCUT2D eigenvalue weighted by Gasteiger charge is 2.58. The summed E-state index contributed by atoms with van der Waals surface area (Å²) in [4.78, 5) is 16.5. The molecule has 4 aliphatic rings. The highest BCUT2D eigenvalue weighted by atomic mass is 15.2. The topological polar surface area (TPSA) is 51.9 Å². The van der Waals surface area contributed by atoms with E-state index in [1.807, 2.05) is 0 Å². The summed E-state index contributed by atoms with van der Waals surface area (Å²) in [6.07, 6.45) is 12.6. The van der Waals surface area contributed by atoms with Gasteiger partial charge >= 0.3 is 0 Å². The third kappa shape index (κ3) is 7.40. The van der Waals surface area contributed by atoms with Gasteiger partial charge in [-0.05, 0) is 194 Å². The number of para-hydroxylation sites is 5. The first kappa shape index (κ1) is 55.6. The number of aromatic nitrogens is 5. The van der Waals surface area contributed by atoms with E-state index < -0.39 is 0 Å². The molecular formula is C96H64N6. The Morgan fingerprint density at radius 1 is 0.480 bits per heavy atom. The monoisotopic (exact) mass is 1300 g/mol. The molecule has 0 N–H and O–H groups in total. The maximum absolute atomic E-state index is 5.61. The van der Waals surface area contributed by atoms with E-state index in [9.17, 15) is 0 Å². The van der Waals surface area contributed by atoms with E-state index in [2.05, 4.69) is 299 Å². The minimum Gasteiger partial charge on any atom is -0.308 e. The van der Waals surface area contributed by atoms with Crippen molar-refractivity contribution >= 4 is 148 Å². The summed E-state index contributed by atoms with van der Waals surface area (Å²) in [6, 6.07) is 100.0. The summed E-state index contributed by atoms with van der Waals surface area (Å²) in [6.45, 7) is 2.29. The maximum Gasteiger partial charge on any atom is 0.234 e. The van der Waals surface area contributed by atoms with Crippen molar-refractivity contribution < 1.29 is 0 Å². The fraction of sp³-hybridized carbons (Fsp3) is 0.115. The van der Waals surface area contributed by atoms with Gasteiger partial charge in [-0.1, -0.05) is 213 Å². The summed E-state index contributed by atoms with van der Waals surface area (Å²) in [5.74, 6) is 1.69. The zero-order valence-corrected chi connectivity index (χ0v) is 56.2. The number of fused-ring (bicyclic) bond motifs is 27. The zero-order chi connectivity index (χ0) is 66.4. The number of allylic oxidation sites excluding steroid dienone is 1. The number of hydrogen-bond donors (Lipinski definition) is 0. The molecule has 0 radical (unpaired) electrons. The van der Waals surface area contributed by atoms with Crippen LogP contribution < -0.4 is 0 Å². The Morgan fingerprint density at radius 3 is 2.00 bits per heavy atom. The molecule has 4 unspecified atom stereocenters. The molecule has 6 nitrogen and oxygen atoms in total. The quantitative estimate of drug-likeness (QED) is 0.167. The largest absolute Gasteiger partial charge is 0.308 e. The lowest BCUT2D eigenvalue weighted by atomic mass is 9.83. The van der Waals surface area contributed by atoms with Gasteiger partial charge in [-0.15, -0.1) is 0 Å². The normalized spacial score (nSPS) is 18.0. The van der Waals surface area contributed by atoms with E-state index in [1.54, 1.807) is 0 Å². The standard InChI is InChI=1S/C96H64N6/c1-2-54-21-15-22-64-53-97-95(99-91(54)64)101-85-49-65-43-62(38-37-61(65)47-78(85)88-86(101)51-77-71-24-7-12-30-82(71)100-84-32-14-9-25-72(84)89(88)93(77)100)69-26-16-27-73-90-87-63(48-76-70-23-8-13-31-83(70)102(92(69)73)94(76)90)40-42-68(74-45-59-19-5-6-20-60(59)46-75(74)87)56-33-35-57(36-34-56)81-50-67-52-96(67,79-28-10-11-29-80(79)98-81)66-41-39-55-17-3-4-18-58(55)44-66/h3-20,22-39,41,43-49,51,53-54,67-68H,2,21,40,42,50,52H2,1H3. The molecule has 14 aromatic carbocycles. The van der Waals surface area contributed by atoms with Crippen LogP contribution in [0.2, 0.25) is 0 Å². The van der Waals surface area contributed by atoms with Crippen LogP contribution in [-0.2, 0) is 11.8 Å². The molecule has 0 amide bonds. The van der Waals surface area contributed by atoms with Crippen LogP contribution in [0.25, 0.3) is 165 Å². The Hall–Kier alpha value is -12.3. The summed E-state index contributed by atoms with van der Waals surface area (Å²) in [7, 11) is 0. The zero-order valence-electron chi connectivity index (χ0n) is 56.2. The molecule has 1 fully saturated rings. The average Bonchev–Trinajstić information content (AvgIpc) is 1.53. The Kier molecular flexibility index (Phi) is 11.0. The smallest absolute Gasteiger partial charge is 0.234 e. The molecule has 1 saturated carbocycles. The first-order chi connectivity index (χ1) is 50.5. The fourth-order valence-electron chi connectivity index (χ4n) is 20.2. The Balaban J connectivity index is 0.679. The summed E-state index contributed by atoms with van der Waals surface area (Å²) < 4.78 is 7.53. The number of hydrogen-bond acceptors (Lipinski definition) is 3. The molecular weight excluding hydrogens is 1240 g/mol. The van der Waals surface area contributed by atoms with E-state index in [1.165, 1.54) is 181 Å². The molecule has 0 bridgehead atoms. The molecule has 7 heterocycles. The van der Waals surface area contributed by atoms with Crippen LogP contribution in [0.4, 0.5) is 5.69 Å². The third-order valence-electron chi connectivity index (χ3n) is 24.9. The van der Waals surface area contributed by atoms with Crippen molar-refractivity contribution in [2.45, 2.75) is 62.7 Å².